The van der Waals surface area contributed by atoms with E-state index in [0.717, 1.165) is 4.90 Å². The molecule has 0 unspecified atom stereocenters. The Balaban J connectivity index is 2.34. The molecule has 2 aromatic rings. The van der Waals surface area contributed by atoms with Crippen LogP contribution in [0.25, 0.3) is 0 Å². The number of rotatable bonds is 3. The molecule has 3 heteroatoms. The fraction of sp³-hybridized carbons (Fsp3) is 0.0714. The molecule has 0 atom stereocenters. The topological polar surface area (TPSA) is 17.1 Å². The molecule has 0 aromatic heterocycles. The van der Waals surface area contributed by atoms with Gasteiger partial charge in [-0.1, -0.05) is 23.7 Å². The minimum atomic E-state index is -0.0387. The van der Waals surface area contributed by atoms with Crippen molar-refractivity contribution in [2.24, 2.45) is 0 Å². The molecule has 86 valence electrons. The summed E-state index contributed by atoms with van der Waals surface area (Å²) >= 11 is 7.65. The van der Waals surface area contributed by atoms with Crippen molar-refractivity contribution in [3.05, 3.63) is 64.7 Å². The van der Waals surface area contributed by atoms with Crippen molar-refractivity contribution in [2.45, 2.75) is 4.90 Å². The molecular formula is C14H11ClOS. The normalized spacial score (nSPS) is 10.2. The summed E-state index contributed by atoms with van der Waals surface area (Å²) in [7, 11) is 0. The Labute approximate surface area is 110 Å². The van der Waals surface area contributed by atoms with Crippen LogP contribution >= 0.6 is 23.4 Å². The van der Waals surface area contributed by atoms with Crippen molar-refractivity contribution in [3.8, 4) is 0 Å². The molecule has 0 spiro atoms. The Morgan fingerprint density at radius 1 is 1.06 bits per heavy atom. The van der Waals surface area contributed by atoms with Gasteiger partial charge in [-0.2, -0.15) is 0 Å². The van der Waals surface area contributed by atoms with Gasteiger partial charge in [0.15, 0.2) is 5.78 Å². The van der Waals surface area contributed by atoms with E-state index in [9.17, 15) is 4.79 Å². The van der Waals surface area contributed by atoms with Gasteiger partial charge in [0.05, 0.1) is 5.02 Å². The molecule has 0 aliphatic rings. The molecule has 0 radical (unpaired) electrons. The van der Waals surface area contributed by atoms with Crippen LogP contribution in [-0.4, -0.2) is 12.0 Å². The molecule has 0 fully saturated rings. The molecule has 2 rings (SSSR count). The van der Waals surface area contributed by atoms with Crippen molar-refractivity contribution >= 4 is 29.1 Å². The number of carbonyl (C=O) groups is 1. The fourth-order valence-electron chi connectivity index (χ4n) is 1.54. The molecule has 0 heterocycles. The summed E-state index contributed by atoms with van der Waals surface area (Å²) in [5, 5.41) is 0.492. The monoisotopic (exact) mass is 262 g/mol. The maximum Gasteiger partial charge on any atom is 0.194 e. The second kappa shape index (κ2) is 5.39. The average Bonchev–Trinajstić information content (AvgIpc) is 2.39. The van der Waals surface area contributed by atoms with Crippen molar-refractivity contribution in [1.29, 1.82) is 0 Å². The molecule has 1 nitrogen and oxygen atoms in total. The van der Waals surface area contributed by atoms with Crippen LogP contribution < -0.4 is 0 Å². The second-order valence-corrected chi connectivity index (χ2v) is 4.82. The Bertz CT molecular complexity index is 534. The van der Waals surface area contributed by atoms with Gasteiger partial charge in [-0.15, -0.1) is 11.8 Å². The van der Waals surface area contributed by atoms with Gasteiger partial charge in [0.25, 0.3) is 0 Å². The number of carbonyl (C=O) groups excluding carboxylic acids is 1. The summed E-state index contributed by atoms with van der Waals surface area (Å²) in [4.78, 5) is 13.3. The van der Waals surface area contributed by atoms with E-state index in [2.05, 4.69) is 0 Å². The summed E-state index contributed by atoms with van der Waals surface area (Å²) in [6.45, 7) is 0. The standard InChI is InChI=1S/C14H11ClOS/c1-17-11-8-6-10(7-9-11)14(16)12-4-2-3-5-13(12)15/h2-9H,1H3. The Kier molecular flexibility index (Phi) is 3.87. The van der Waals surface area contributed by atoms with Crippen LogP contribution in [0.1, 0.15) is 15.9 Å². The lowest BCUT2D eigenvalue weighted by Gasteiger charge is -2.04. The maximum atomic E-state index is 12.2. The highest BCUT2D eigenvalue weighted by atomic mass is 35.5. The molecule has 0 amide bonds. The third kappa shape index (κ3) is 2.71. The zero-order chi connectivity index (χ0) is 12.3. The summed E-state index contributed by atoms with van der Waals surface area (Å²) in [6, 6.07) is 14.6. The fourth-order valence-corrected chi connectivity index (χ4v) is 2.17. The minimum absolute atomic E-state index is 0.0387. The highest BCUT2D eigenvalue weighted by Crippen LogP contribution is 2.21. The van der Waals surface area contributed by atoms with E-state index in [1.807, 2.05) is 42.7 Å². The largest absolute Gasteiger partial charge is 0.289 e. The molecule has 2 aromatic carbocycles. The zero-order valence-electron chi connectivity index (χ0n) is 9.31. The van der Waals surface area contributed by atoms with Crippen molar-refractivity contribution in [1.82, 2.24) is 0 Å². The Hall–Kier alpha value is -1.25. The van der Waals surface area contributed by atoms with Gasteiger partial charge in [0.2, 0.25) is 0 Å². The summed E-state index contributed by atoms with van der Waals surface area (Å²) in [6.07, 6.45) is 2.00. The SMILES string of the molecule is CSc1ccc(C(=O)c2ccccc2Cl)cc1. The quantitative estimate of drug-likeness (QED) is 0.606. The van der Waals surface area contributed by atoms with Gasteiger partial charge >= 0.3 is 0 Å². The maximum absolute atomic E-state index is 12.2. The second-order valence-electron chi connectivity index (χ2n) is 3.54. The lowest BCUT2D eigenvalue weighted by molar-refractivity contribution is 0.103. The van der Waals surface area contributed by atoms with E-state index in [1.165, 1.54) is 0 Å². The van der Waals surface area contributed by atoms with Gasteiger partial charge in [-0.05, 0) is 42.7 Å². The van der Waals surface area contributed by atoms with Gasteiger partial charge in [0, 0.05) is 16.0 Å². The number of ketones is 1. The number of benzene rings is 2. The molecule has 0 N–H and O–H groups in total. The average molecular weight is 263 g/mol. The van der Waals surface area contributed by atoms with Crippen LogP contribution in [0.4, 0.5) is 0 Å². The van der Waals surface area contributed by atoms with Gasteiger partial charge in [0.1, 0.15) is 0 Å². The van der Waals surface area contributed by atoms with Gasteiger partial charge < -0.3 is 0 Å². The summed E-state index contributed by atoms with van der Waals surface area (Å²) < 4.78 is 0. The third-order valence-corrected chi connectivity index (χ3v) is 3.54. The lowest BCUT2D eigenvalue weighted by Crippen LogP contribution is -2.01. The van der Waals surface area contributed by atoms with Crippen LogP contribution in [0.5, 0.6) is 0 Å². The Morgan fingerprint density at radius 3 is 2.29 bits per heavy atom. The van der Waals surface area contributed by atoms with E-state index >= 15 is 0 Å². The predicted octanol–water partition coefficient (Wildman–Crippen LogP) is 4.29. The van der Waals surface area contributed by atoms with E-state index in [1.54, 1.807) is 23.9 Å². The summed E-state index contributed by atoms with van der Waals surface area (Å²) in [5.74, 6) is -0.0387. The van der Waals surface area contributed by atoms with E-state index < -0.39 is 0 Å². The van der Waals surface area contributed by atoms with E-state index in [4.69, 9.17) is 11.6 Å². The summed E-state index contributed by atoms with van der Waals surface area (Å²) in [5.41, 5.74) is 1.21. The van der Waals surface area contributed by atoms with E-state index in [-0.39, 0.29) is 5.78 Å². The first-order chi connectivity index (χ1) is 8.22. The molecule has 0 bridgehead atoms. The van der Waals surface area contributed by atoms with Crippen molar-refractivity contribution in [3.63, 3.8) is 0 Å². The van der Waals surface area contributed by atoms with E-state index in [0.29, 0.717) is 16.1 Å². The minimum Gasteiger partial charge on any atom is -0.289 e. The number of halogens is 1. The number of hydrogen-bond donors (Lipinski definition) is 0. The lowest BCUT2D eigenvalue weighted by atomic mass is 10.0. The molecule has 17 heavy (non-hydrogen) atoms. The number of thioether (sulfide) groups is 1. The highest BCUT2D eigenvalue weighted by molar-refractivity contribution is 7.98. The van der Waals surface area contributed by atoms with Gasteiger partial charge in [-0.25, -0.2) is 0 Å². The van der Waals surface area contributed by atoms with Crippen molar-refractivity contribution in [2.75, 3.05) is 6.26 Å². The first kappa shape index (κ1) is 12.2. The van der Waals surface area contributed by atoms with Crippen LogP contribution in [0.15, 0.2) is 53.4 Å². The first-order valence-corrected chi connectivity index (χ1v) is 6.76. The van der Waals surface area contributed by atoms with Gasteiger partial charge in [-0.3, -0.25) is 4.79 Å². The molecule has 0 aliphatic carbocycles. The third-order valence-electron chi connectivity index (χ3n) is 2.47. The predicted molar refractivity (Wildman–Crippen MR) is 73.1 cm³/mol. The molecule has 0 saturated heterocycles. The highest BCUT2D eigenvalue weighted by Gasteiger charge is 2.11. The first-order valence-electron chi connectivity index (χ1n) is 5.15. The smallest absolute Gasteiger partial charge is 0.194 e. The van der Waals surface area contributed by atoms with Crippen LogP contribution in [0.3, 0.4) is 0 Å². The molecule has 0 aliphatic heterocycles. The zero-order valence-corrected chi connectivity index (χ0v) is 10.9. The van der Waals surface area contributed by atoms with Crippen LogP contribution in [0.2, 0.25) is 5.02 Å². The van der Waals surface area contributed by atoms with Crippen molar-refractivity contribution < 1.29 is 4.79 Å². The number of hydrogen-bond acceptors (Lipinski definition) is 2. The van der Waals surface area contributed by atoms with Crippen LogP contribution in [-0.2, 0) is 0 Å². The molecular weight excluding hydrogens is 252 g/mol. The van der Waals surface area contributed by atoms with Crippen LogP contribution in [0, 0.1) is 0 Å². The molecule has 0 saturated carbocycles. The Morgan fingerprint density at radius 2 is 1.71 bits per heavy atom.